The first-order chi connectivity index (χ1) is 14.9. The van der Waals surface area contributed by atoms with Crippen LogP contribution < -0.4 is 5.56 Å². The third-order valence-electron chi connectivity index (χ3n) is 4.72. The van der Waals surface area contributed by atoms with Gasteiger partial charge in [-0.3, -0.25) is 9.69 Å². The van der Waals surface area contributed by atoms with Crippen molar-refractivity contribution in [1.29, 1.82) is 0 Å². The van der Waals surface area contributed by atoms with Crippen LogP contribution in [-0.2, 0) is 16.0 Å². The Morgan fingerprint density at radius 2 is 2.03 bits per heavy atom. The highest BCUT2D eigenvalue weighted by molar-refractivity contribution is 7.17. The van der Waals surface area contributed by atoms with Gasteiger partial charge in [0.1, 0.15) is 10.7 Å². The number of benzene rings is 1. The number of fused-ring (bicyclic) bond motifs is 1. The molecule has 2 N–H and O–H groups in total. The van der Waals surface area contributed by atoms with Crippen molar-refractivity contribution < 1.29 is 14.6 Å². The minimum atomic E-state index is -0.645. The summed E-state index contributed by atoms with van der Waals surface area (Å²) in [5, 5.41) is 13.5. The first kappa shape index (κ1) is 23.8. The van der Waals surface area contributed by atoms with Gasteiger partial charge in [-0.2, -0.15) is 0 Å². The summed E-state index contributed by atoms with van der Waals surface area (Å²) in [4.78, 5) is 23.1. The molecule has 1 atom stereocenters. The number of aromatic amines is 1. The van der Waals surface area contributed by atoms with Gasteiger partial charge < -0.3 is 19.6 Å². The number of aliphatic hydroxyl groups is 1. The molecule has 1 unspecified atom stereocenters. The van der Waals surface area contributed by atoms with Crippen molar-refractivity contribution in [3.63, 3.8) is 0 Å². The van der Waals surface area contributed by atoms with E-state index in [4.69, 9.17) is 21.1 Å². The maximum absolute atomic E-state index is 12.9. The first-order valence-electron chi connectivity index (χ1n) is 10.1. The number of hydrogen-bond acceptors (Lipinski definition) is 7. The SMILES string of the molecule is COCCN(Cc1nc2scc(-c3ccc(Cl)cc3)c2c(=O)[nH]1)CC(O)COC(C)C. The third kappa shape index (κ3) is 6.58. The van der Waals surface area contributed by atoms with Crippen molar-refractivity contribution in [3.05, 3.63) is 50.8 Å². The van der Waals surface area contributed by atoms with Gasteiger partial charge in [-0.1, -0.05) is 23.7 Å². The molecule has 0 aliphatic carbocycles. The van der Waals surface area contributed by atoms with Crippen LogP contribution in [0.4, 0.5) is 0 Å². The van der Waals surface area contributed by atoms with Crippen LogP contribution >= 0.6 is 22.9 Å². The van der Waals surface area contributed by atoms with Gasteiger partial charge >= 0.3 is 0 Å². The lowest BCUT2D eigenvalue weighted by atomic mass is 10.1. The number of ether oxygens (including phenoxy) is 2. The number of hydrogen-bond donors (Lipinski definition) is 2. The van der Waals surface area contributed by atoms with Crippen LogP contribution in [0.3, 0.4) is 0 Å². The Balaban J connectivity index is 1.80. The maximum atomic E-state index is 12.9. The van der Waals surface area contributed by atoms with Crippen LogP contribution in [0.15, 0.2) is 34.4 Å². The van der Waals surface area contributed by atoms with Crippen molar-refractivity contribution in [2.75, 3.05) is 33.4 Å². The molecule has 0 amide bonds. The molecule has 0 bridgehead atoms. The molecule has 3 rings (SSSR count). The second kappa shape index (κ2) is 11.2. The highest BCUT2D eigenvalue weighted by atomic mass is 35.5. The smallest absolute Gasteiger partial charge is 0.260 e. The quantitative estimate of drug-likeness (QED) is 0.450. The molecule has 0 saturated carbocycles. The Bertz CT molecular complexity index is 1040. The van der Waals surface area contributed by atoms with Gasteiger partial charge in [-0.25, -0.2) is 4.98 Å². The molecule has 3 aromatic rings. The van der Waals surface area contributed by atoms with E-state index in [0.29, 0.717) is 47.3 Å². The summed E-state index contributed by atoms with van der Waals surface area (Å²) in [5.74, 6) is 0.551. The van der Waals surface area contributed by atoms with E-state index in [1.54, 1.807) is 19.2 Å². The summed E-state index contributed by atoms with van der Waals surface area (Å²) in [6, 6.07) is 7.39. The summed E-state index contributed by atoms with van der Waals surface area (Å²) in [6.07, 6.45) is -0.593. The van der Waals surface area contributed by atoms with Gasteiger partial charge in [-0.05, 0) is 31.5 Å². The number of aromatic nitrogens is 2. The maximum Gasteiger partial charge on any atom is 0.260 e. The van der Waals surface area contributed by atoms with Gasteiger partial charge in [0.05, 0.1) is 37.4 Å². The van der Waals surface area contributed by atoms with Crippen LogP contribution in [-0.4, -0.2) is 65.6 Å². The molecule has 0 aliphatic heterocycles. The topological polar surface area (TPSA) is 87.7 Å². The largest absolute Gasteiger partial charge is 0.389 e. The number of aliphatic hydroxyl groups excluding tert-OH is 1. The Morgan fingerprint density at radius 1 is 1.29 bits per heavy atom. The molecule has 168 valence electrons. The first-order valence-corrected chi connectivity index (χ1v) is 11.4. The molecule has 0 spiro atoms. The van der Waals surface area contributed by atoms with Crippen molar-refractivity contribution >= 4 is 33.2 Å². The van der Waals surface area contributed by atoms with Crippen LogP contribution in [0.25, 0.3) is 21.3 Å². The summed E-state index contributed by atoms with van der Waals surface area (Å²) in [6.45, 7) is 5.98. The van der Waals surface area contributed by atoms with E-state index in [9.17, 15) is 9.90 Å². The molecule has 0 aliphatic rings. The van der Waals surface area contributed by atoms with E-state index in [-0.39, 0.29) is 18.3 Å². The molecule has 9 heteroatoms. The monoisotopic (exact) mass is 465 g/mol. The van der Waals surface area contributed by atoms with Crippen LogP contribution in [0.1, 0.15) is 19.7 Å². The highest BCUT2D eigenvalue weighted by Crippen LogP contribution is 2.31. The molecular formula is C22H28ClN3O4S. The minimum Gasteiger partial charge on any atom is -0.389 e. The lowest BCUT2D eigenvalue weighted by Crippen LogP contribution is -2.37. The molecule has 31 heavy (non-hydrogen) atoms. The predicted octanol–water partition coefficient (Wildman–Crippen LogP) is 3.54. The van der Waals surface area contributed by atoms with E-state index in [1.165, 1.54) is 11.3 Å². The third-order valence-corrected chi connectivity index (χ3v) is 5.85. The van der Waals surface area contributed by atoms with Gasteiger partial charge in [0.25, 0.3) is 5.56 Å². The summed E-state index contributed by atoms with van der Waals surface area (Å²) < 4.78 is 10.7. The van der Waals surface area contributed by atoms with E-state index < -0.39 is 6.10 Å². The van der Waals surface area contributed by atoms with E-state index in [1.807, 2.05) is 36.3 Å². The molecule has 2 heterocycles. The minimum absolute atomic E-state index is 0.0520. The zero-order valence-electron chi connectivity index (χ0n) is 17.9. The van der Waals surface area contributed by atoms with Crippen molar-refractivity contribution in [1.82, 2.24) is 14.9 Å². The fourth-order valence-electron chi connectivity index (χ4n) is 3.23. The standard InChI is InChI=1S/C22H28ClN3O4S/c1-14(2)30-12-17(27)10-26(8-9-29-3)11-19-24-21(28)20-18(13-31-22(20)25-19)15-4-6-16(23)7-5-15/h4-7,13-14,17,27H,8-12H2,1-3H3,(H,24,25,28). The number of nitrogens with zero attached hydrogens (tertiary/aromatic N) is 2. The average molecular weight is 466 g/mol. The molecule has 7 nitrogen and oxygen atoms in total. The van der Waals surface area contributed by atoms with Gasteiger partial charge in [0.2, 0.25) is 0 Å². The number of nitrogens with one attached hydrogen (secondary N) is 1. The Hall–Kier alpha value is -1.81. The van der Waals surface area contributed by atoms with Crippen LogP contribution in [0.2, 0.25) is 5.02 Å². The molecule has 0 radical (unpaired) electrons. The van der Waals surface area contributed by atoms with Gasteiger partial charge in [-0.15, -0.1) is 11.3 Å². The second-order valence-electron chi connectivity index (χ2n) is 7.61. The number of rotatable bonds is 11. The van der Waals surface area contributed by atoms with E-state index >= 15 is 0 Å². The van der Waals surface area contributed by atoms with E-state index in [2.05, 4.69) is 9.97 Å². The van der Waals surface area contributed by atoms with Gasteiger partial charge in [0.15, 0.2) is 0 Å². The Labute approximate surface area is 190 Å². The Kier molecular flexibility index (Phi) is 8.59. The van der Waals surface area contributed by atoms with E-state index in [0.717, 1.165) is 11.1 Å². The summed E-state index contributed by atoms with van der Waals surface area (Å²) >= 11 is 7.42. The van der Waals surface area contributed by atoms with Crippen molar-refractivity contribution in [2.24, 2.45) is 0 Å². The van der Waals surface area contributed by atoms with Crippen molar-refractivity contribution in [2.45, 2.75) is 32.6 Å². The molecule has 1 aromatic carbocycles. The molecule has 0 fully saturated rings. The number of halogens is 1. The predicted molar refractivity (Wildman–Crippen MR) is 125 cm³/mol. The fourth-order valence-corrected chi connectivity index (χ4v) is 4.32. The zero-order chi connectivity index (χ0) is 22.4. The van der Waals surface area contributed by atoms with Gasteiger partial charge in [0, 0.05) is 36.2 Å². The normalized spacial score (nSPS) is 12.9. The molecule has 0 saturated heterocycles. The average Bonchev–Trinajstić information content (AvgIpc) is 3.15. The lowest BCUT2D eigenvalue weighted by molar-refractivity contribution is -0.0124. The fraction of sp³-hybridized carbons (Fsp3) is 0.455. The number of thiophene rings is 1. The Morgan fingerprint density at radius 3 is 2.71 bits per heavy atom. The number of methoxy groups -OCH3 is 1. The zero-order valence-corrected chi connectivity index (χ0v) is 19.5. The highest BCUT2D eigenvalue weighted by Gasteiger charge is 2.17. The van der Waals surface area contributed by atoms with Crippen LogP contribution in [0.5, 0.6) is 0 Å². The van der Waals surface area contributed by atoms with Crippen LogP contribution in [0, 0.1) is 0 Å². The lowest BCUT2D eigenvalue weighted by Gasteiger charge is -2.24. The summed E-state index contributed by atoms with van der Waals surface area (Å²) in [5.41, 5.74) is 1.58. The summed E-state index contributed by atoms with van der Waals surface area (Å²) in [7, 11) is 1.63. The number of H-pyrrole nitrogens is 1. The molecular weight excluding hydrogens is 438 g/mol. The molecule has 2 aromatic heterocycles. The second-order valence-corrected chi connectivity index (χ2v) is 8.91. The van der Waals surface area contributed by atoms with Crippen molar-refractivity contribution in [3.8, 4) is 11.1 Å².